The van der Waals surface area contributed by atoms with E-state index in [0.717, 1.165) is 22.4 Å². The van der Waals surface area contributed by atoms with Crippen molar-refractivity contribution in [2.24, 2.45) is 0 Å². The molecular formula is C22H24N4O2. The van der Waals surface area contributed by atoms with E-state index < -0.39 is 6.04 Å². The highest BCUT2D eigenvalue weighted by atomic mass is 16.2. The molecule has 1 unspecified atom stereocenters. The number of carbonyl (C=O) groups excluding carboxylic acids is 2. The lowest BCUT2D eigenvalue weighted by molar-refractivity contribution is -0.135. The van der Waals surface area contributed by atoms with Crippen LogP contribution in [-0.4, -0.2) is 40.1 Å². The molecule has 3 rings (SSSR count). The molecule has 0 saturated heterocycles. The van der Waals surface area contributed by atoms with E-state index in [9.17, 15) is 9.59 Å². The number of aromatic nitrogens is 2. The molecule has 144 valence electrons. The highest BCUT2D eigenvalue weighted by Crippen LogP contribution is 2.20. The fourth-order valence-electron chi connectivity index (χ4n) is 3.06. The number of hydrogen-bond acceptors (Lipinski definition) is 3. The maximum absolute atomic E-state index is 13.1. The SMILES string of the molecule is Cc1cccc(NC(=O)CN(C)C(=O)C(c2ccccc2)n2cccn2)c1C. The largest absolute Gasteiger partial charge is 0.334 e. The highest BCUT2D eigenvalue weighted by molar-refractivity contribution is 5.96. The third-order valence-electron chi connectivity index (χ3n) is 4.77. The van der Waals surface area contributed by atoms with Gasteiger partial charge < -0.3 is 10.2 Å². The number of likely N-dealkylation sites (N-methyl/N-ethyl adjacent to an activating group) is 1. The summed E-state index contributed by atoms with van der Waals surface area (Å²) in [6, 6.07) is 16.3. The molecule has 6 heteroatoms. The second kappa shape index (κ2) is 8.52. The smallest absolute Gasteiger partial charge is 0.252 e. The third-order valence-corrected chi connectivity index (χ3v) is 4.77. The predicted molar refractivity (Wildman–Crippen MR) is 109 cm³/mol. The summed E-state index contributed by atoms with van der Waals surface area (Å²) in [5, 5.41) is 7.13. The zero-order valence-electron chi connectivity index (χ0n) is 16.3. The van der Waals surface area contributed by atoms with Gasteiger partial charge in [-0.25, -0.2) is 0 Å². The Labute approximate surface area is 164 Å². The number of nitrogens with one attached hydrogen (secondary N) is 1. The summed E-state index contributed by atoms with van der Waals surface area (Å²) in [6.07, 6.45) is 3.38. The molecule has 3 aromatic rings. The molecule has 2 aromatic carbocycles. The molecule has 0 aliphatic carbocycles. The van der Waals surface area contributed by atoms with Crippen molar-refractivity contribution in [1.82, 2.24) is 14.7 Å². The Morgan fingerprint density at radius 3 is 2.50 bits per heavy atom. The van der Waals surface area contributed by atoms with Gasteiger partial charge in [0.1, 0.15) is 0 Å². The minimum absolute atomic E-state index is 0.0448. The lowest BCUT2D eigenvalue weighted by Crippen LogP contribution is -2.40. The second-order valence-corrected chi connectivity index (χ2v) is 6.79. The Hall–Kier alpha value is -3.41. The number of anilines is 1. The normalized spacial score (nSPS) is 11.7. The molecule has 1 heterocycles. The van der Waals surface area contributed by atoms with Crippen molar-refractivity contribution >= 4 is 17.5 Å². The molecular weight excluding hydrogens is 352 g/mol. The lowest BCUT2D eigenvalue weighted by atomic mass is 10.1. The van der Waals surface area contributed by atoms with Crippen molar-refractivity contribution in [2.45, 2.75) is 19.9 Å². The maximum Gasteiger partial charge on any atom is 0.252 e. The van der Waals surface area contributed by atoms with Gasteiger partial charge in [-0.15, -0.1) is 0 Å². The molecule has 2 amide bonds. The van der Waals surface area contributed by atoms with Crippen molar-refractivity contribution in [3.8, 4) is 0 Å². The summed E-state index contributed by atoms with van der Waals surface area (Å²) in [5.41, 5.74) is 3.70. The lowest BCUT2D eigenvalue weighted by Gasteiger charge is -2.24. The minimum atomic E-state index is -0.616. The minimum Gasteiger partial charge on any atom is -0.334 e. The van der Waals surface area contributed by atoms with Gasteiger partial charge in [0.25, 0.3) is 5.91 Å². The van der Waals surface area contributed by atoms with Gasteiger partial charge in [-0.2, -0.15) is 5.10 Å². The van der Waals surface area contributed by atoms with Crippen LogP contribution in [0.2, 0.25) is 0 Å². The molecule has 0 bridgehead atoms. The molecule has 1 aromatic heterocycles. The van der Waals surface area contributed by atoms with Crippen LogP contribution >= 0.6 is 0 Å². The first-order valence-corrected chi connectivity index (χ1v) is 9.12. The first kappa shape index (κ1) is 19.4. The number of nitrogens with zero attached hydrogens (tertiary/aromatic N) is 3. The van der Waals surface area contributed by atoms with E-state index in [1.54, 1.807) is 30.2 Å². The molecule has 0 radical (unpaired) electrons. The van der Waals surface area contributed by atoms with E-state index in [1.165, 1.54) is 4.90 Å². The topological polar surface area (TPSA) is 67.2 Å². The van der Waals surface area contributed by atoms with Crippen molar-refractivity contribution < 1.29 is 9.59 Å². The molecule has 0 saturated carbocycles. The molecule has 0 fully saturated rings. The zero-order chi connectivity index (χ0) is 20.1. The van der Waals surface area contributed by atoms with Crippen molar-refractivity contribution in [1.29, 1.82) is 0 Å². The standard InChI is InChI=1S/C22H24N4O2/c1-16-9-7-12-19(17(16)2)24-20(27)15-25(3)22(28)21(26-14-8-13-23-26)18-10-5-4-6-11-18/h4-14,21H,15H2,1-3H3,(H,24,27). The summed E-state index contributed by atoms with van der Waals surface area (Å²) in [6.45, 7) is 3.91. The molecule has 0 aliphatic heterocycles. The quantitative estimate of drug-likeness (QED) is 0.718. The Morgan fingerprint density at radius 1 is 1.07 bits per heavy atom. The number of hydrogen-bond donors (Lipinski definition) is 1. The highest BCUT2D eigenvalue weighted by Gasteiger charge is 2.27. The number of benzene rings is 2. The summed E-state index contributed by atoms with van der Waals surface area (Å²) in [4.78, 5) is 27.1. The number of rotatable bonds is 6. The van der Waals surface area contributed by atoms with Gasteiger partial charge in [-0.1, -0.05) is 42.5 Å². The molecule has 0 spiro atoms. The van der Waals surface area contributed by atoms with E-state index in [0.29, 0.717) is 0 Å². The predicted octanol–water partition coefficient (Wildman–Crippen LogP) is 3.19. The number of amides is 2. The van der Waals surface area contributed by atoms with Gasteiger partial charge in [0.2, 0.25) is 5.91 Å². The molecule has 0 aliphatic rings. The van der Waals surface area contributed by atoms with Crippen LogP contribution < -0.4 is 5.32 Å². The van der Waals surface area contributed by atoms with Gasteiger partial charge in [-0.3, -0.25) is 14.3 Å². The van der Waals surface area contributed by atoms with E-state index in [2.05, 4.69) is 10.4 Å². The Balaban J connectivity index is 1.74. The Bertz CT molecular complexity index is 952. The zero-order valence-corrected chi connectivity index (χ0v) is 16.3. The summed E-state index contributed by atoms with van der Waals surface area (Å²) in [5.74, 6) is -0.442. The van der Waals surface area contributed by atoms with E-state index in [-0.39, 0.29) is 18.4 Å². The van der Waals surface area contributed by atoms with Gasteiger partial charge in [0.15, 0.2) is 6.04 Å². The van der Waals surface area contributed by atoms with Crippen molar-refractivity contribution in [2.75, 3.05) is 18.9 Å². The molecule has 6 nitrogen and oxygen atoms in total. The van der Waals surface area contributed by atoms with E-state index in [4.69, 9.17) is 0 Å². The fourth-order valence-corrected chi connectivity index (χ4v) is 3.06. The van der Waals surface area contributed by atoms with Gasteiger partial charge in [-0.05, 0) is 42.7 Å². The monoisotopic (exact) mass is 376 g/mol. The van der Waals surface area contributed by atoms with Crippen LogP contribution in [0, 0.1) is 13.8 Å². The van der Waals surface area contributed by atoms with Crippen LogP contribution in [0.1, 0.15) is 22.7 Å². The summed E-state index contributed by atoms with van der Waals surface area (Å²) < 4.78 is 1.61. The first-order valence-electron chi connectivity index (χ1n) is 9.12. The van der Waals surface area contributed by atoms with Crippen LogP contribution in [0.4, 0.5) is 5.69 Å². The van der Waals surface area contributed by atoms with Gasteiger partial charge >= 0.3 is 0 Å². The van der Waals surface area contributed by atoms with Crippen LogP contribution in [0.25, 0.3) is 0 Å². The van der Waals surface area contributed by atoms with Gasteiger partial charge in [0, 0.05) is 25.1 Å². The maximum atomic E-state index is 13.1. The average Bonchev–Trinajstić information content (AvgIpc) is 3.20. The number of carbonyl (C=O) groups is 2. The fraction of sp³-hybridized carbons (Fsp3) is 0.227. The summed E-state index contributed by atoms with van der Waals surface area (Å²) >= 11 is 0. The van der Waals surface area contributed by atoms with E-state index in [1.807, 2.05) is 62.4 Å². The average molecular weight is 376 g/mol. The Kier molecular flexibility index (Phi) is 5.89. The molecule has 1 N–H and O–H groups in total. The molecule has 28 heavy (non-hydrogen) atoms. The van der Waals surface area contributed by atoms with Crippen molar-refractivity contribution in [3.05, 3.63) is 83.7 Å². The van der Waals surface area contributed by atoms with Crippen LogP contribution in [0.3, 0.4) is 0 Å². The Morgan fingerprint density at radius 2 is 1.82 bits per heavy atom. The van der Waals surface area contributed by atoms with Crippen LogP contribution in [0.15, 0.2) is 67.0 Å². The van der Waals surface area contributed by atoms with Crippen LogP contribution in [0.5, 0.6) is 0 Å². The third kappa shape index (κ3) is 4.28. The first-order chi connectivity index (χ1) is 13.5. The van der Waals surface area contributed by atoms with Gasteiger partial charge in [0.05, 0.1) is 6.54 Å². The second-order valence-electron chi connectivity index (χ2n) is 6.79. The molecule has 1 atom stereocenters. The summed E-state index contributed by atoms with van der Waals surface area (Å²) in [7, 11) is 1.63. The van der Waals surface area contributed by atoms with E-state index >= 15 is 0 Å². The number of aryl methyl sites for hydroxylation is 1. The van der Waals surface area contributed by atoms with Crippen molar-refractivity contribution in [3.63, 3.8) is 0 Å². The van der Waals surface area contributed by atoms with Crippen LogP contribution in [-0.2, 0) is 9.59 Å².